The van der Waals surface area contributed by atoms with Crippen LogP contribution in [0.15, 0.2) is 48.5 Å². The summed E-state index contributed by atoms with van der Waals surface area (Å²) >= 11 is 0. The van der Waals surface area contributed by atoms with Crippen molar-refractivity contribution in [1.82, 2.24) is 9.88 Å². The van der Waals surface area contributed by atoms with Crippen LogP contribution in [0.25, 0.3) is 10.9 Å². The Morgan fingerprint density at radius 2 is 1.82 bits per heavy atom. The van der Waals surface area contributed by atoms with Crippen molar-refractivity contribution in [2.24, 2.45) is 0 Å². The van der Waals surface area contributed by atoms with Gasteiger partial charge in [-0.25, -0.2) is 4.39 Å². The highest BCUT2D eigenvalue weighted by atomic mass is 19.1. The second kappa shape index (κ2) is 6.74. The Morgan fingerprint density at radius 1 is 1.07 bits per heavy atom. The number of fused-ring (bicyclic) bond motifs is 3. The molecule has 0 spiro atoms. The van der Waals surface area contributed by atoms with Gasteiger partial charge in [-0.15, -0.1) is 0 Å². The van der Waals surface area contributed by atoms with Crippen molar-refractivity contribution in [2.45, 2.75) is 31.2 Å². The summed E-state index contributed by atoms with van der Waals surface area (Å²) in [4.78, 5) is 19.3. The molecular weight excluding hydrogens is 355 g/mol. The molecule has 1 amide bonds. The fraction of sp³-hybridized carbons (Fsp3) is 0.348. The Balaban J connectivity index is 1.51. The number of benzene rings is 2. The molecule has 1 aromatic heterocycles. The molecule has 5 rings (SSSR count). The Bertz CT molecular complexity index is 1020. The van der Waals surface area contributed by atoms with Gasteiger partial charge >= 0.3 is 0 Å². The van der Waals surface area contributed by atoms with Crippen LogP contribution in [-0.4, -0.2) is 35.5 Å². The summed E-state index contributed by atoms with van der Waals surface area (Å²) in [5.74, 6) is -0.141. The van der Waals surface area contributed by atoms with Crippen LogP contribution in [-0.2, 0) is 27.9 Å². The number of hydrogen-bond acceptors (Lipinski definition) is 2. The molecule has 4 nitrogen and oxygen atoms in total. The zero-order chi connectivity index (χ0) is 19.1. The predicted octanol–water partition coefficient (Wildman–Crippen LogP) is 3.94. The Hall–Kier alpha value is -2.66. The van der Waals surface area contributed by atoms with E-state index in [4.69, 9.17) is 4.74 Å². The number of carbonyl (C=O) groups excluding carboxylic acids is 1. The van der Waals surface area contributed by atoms with E-state index in [9.17, 15) is 9.18 Å². The van der Waals surface area contributed by atoms with E-state index in [2.05, 4.69) is 17.1 Å². The van der Waals surface area contributed by atoms with Gasteiger partial charge in [0.2, 0.25) is 5.91 Å². The lowest BCUT2D eigenvalue weighted by Crippen LogP contribution is -2.51. The molecule has 1 N–H and O–H groups in total. The molecule has 144 valence electrons. The number of amides is 1. The van der Waals surface area contributed by atoms with Crippen molar-refractivity contribution < 1.29 is 13.9 Å². The molecule has 2 aliphatic heterocycles. The number of ether oxygens (including phenoxy) is 1. The third-order valence-electron chi connectivity index (χ3n) is 6.32. The average molecular weight is 378 g/mol. The van der Waals surface area contributed by atoms with Crippen LogP contribution >= 0.6 is 0 Å². The maximum atomic E-state index is 13.8. The number of carbonyl (C=O) groups is 1. The molecule has 0 radical (unpaired) electrons. The Morgan fingerprint density at radius 3 is 2.61 bits per heavy atom. The molecule has 3 aromatic rings. The first-order chi connectivity index (χ1) is 13.7. The number of halogens is 1. The van der Waals surface area contributed by atoms with Crippen molar-refractivity contribution in [1.29, 1.82) is 0 Å². The van der Waals surface area contributed by atoms with Gasteiger partial charge in [0.05, 0.1) is 5.41 Å². The second-order valence-corrected chi connectivity index (χ2v) is 7.81. The summed E-state index contributed by atoms with van der Waals surface area (Å²) in [5, 5.41) is 1.19. The third-order valence-corrected chi connectivity index (χ3v) is 6.32. The van der Waals surface area contributed by atoms with Gasteiger partial charge in [0, 0.05) is 54.9 Å². The highest BCUT2D eigenvalue weighted by molar-refractivity contribution is 5.90. The molecule has 3 heterocycles. The average Bonchev–Trinajstić information content (AvgIpc) is 3.12. The minimum absolute atomic E-state index is 0.137. The van der Waals surface area contributed by atoms with E-state index in [1.807, 2.05) is 17.0 Å². The molecule has 0 atom stereocenters. The number of H-pyrrole nitrogens is 1. The molecule has 1 fully saturated rings. The number of aromatic amines is 1. The van der Waals surface area contributed by atoms with Gasteiger partial charge in [-0.05, 0) is 36.6 Å². The normalized spacial score (nSPS) is 18.8. The molecule has 0 aliphatic carbocycles. The molecule has 2 aliphatic rings. The summed E-state index contributed by atoms with van der Waals surface area (Å²) in [6, 6.07) is 14.7. The number of hydrogen-bond donors (Lipinski definition) is 1. The van der Waals surface area contributed by atoms with Crippen molar-refractivity contribution in [2.75, 3.05) is 19.8 Å². The minimum Gasteiger partial charge on any atom is -0.381 e. The maximum Gasteiger partial charge on any atom is 0.233 e. The fourth-order valence-corrected chi connectivity index (χ4v) is 4.76. The van der Waals surface area contributed by atoms with Crippen molar-refractivity contribution in [3.63, 3.8) is 0 Å². The number of rotatable bonds is 2. The first-order valence-corrected chi connectivity index (χ1v) is 9.89. The first kappa shape index (κ1) is 17.4. The van der Waals surface area contributed by atoms with Crippen LogP contribution in [0.4, 0.5) is 4.39 Å². The zero-order valence-corrected chi connectivity index (χ0v) is 15.7. The third kappa shape index (κ3) is 2.73. The molecular formula is C23H23FN2O2. The number of aromatic nitrogens is 1. The number of para-hydroxylation sites is 1. The molecule has 1 saturated heterocycles. The van der Waals surface area contributed by atoms with E-state index >= 15 is 0 Å². The van der Waals surface area contributed by atoms with E-state index in [0.717, 1.165) is 17.5 Å². The van der Waals surface area contributed by atoms with Crippen LogP contribution in [0.1, 0.15) is 29.7 Å². The highest BCUT2D eigenvalue weighted by Crippen LogP contribution is 2.38. The Kier molecular flexibility index (Phi) is 4.20. The van der Waals surface area contributed by atoms with Gasteiger partial charge in [-0.2, -0.15) is 0 Å². The van der Waals surface area contributed by atoms with Gasteiger partial charge in [-0.3, -0.25) is 4.79 Å². The predicted molar refractivity (Wildman–Crippen MR) is 106 cm³/mol. The maximum absolute atomic E-state index is 13.8. The quantitative estimate of drug-likeness (QED) is 0.734. The topological polar surface area (TPSA) is 45.3 Å². The van der Waals surface area contributed by atoms with Gasteiger partial charge in [0.25, 0.3) is 0 Å². The van der Waals surface area contributed by atoms with Gasteiger partial charge in [0.1, 0.15) is 5.82 Å². The standard InChI is InChI=1S/C23H23FN2O2/c24-17-7-5-16(6-8-17)23(10-13-28-14-11-23)22(27)26-12-9-21-19(15-26)18-3-1-2-4-20(18)25-21/h1-8,25H,9-15H2. The van der Waals surface area contributed by atoms with Gasteiger partial charge in [-0.1, -0.05) is 30.3 Å². The summed E-state index contributed by atoms with van der Waals surface area (Å²) in [7, 11) is 0. The lowest BCUT2D eigenvalue weighted by Gasteiger charge is -2.41. The van der Waals surface area contributed by atoms with E-state index in [-0.39, 0.29) is 11.7 Å². The molecule has 2 aromatic carbocycles. The monoisotopic (exact) mass is 378 g/mol. The SMILES string of the molecule is O=C(N1CCc2[nH]c3ccccc3c2C1)C1(c2ccc(F)cc2)CCOCC1. The van der Waals surface area contributed by atoms with Crippen LogP contribution in [0.3, 0.4) is 0 Å². The lowest BCUT2D eigenvalue weighted by molar-refractivity contribution is -0.142. The molecule has 28 heavy (non-hydrogen) atoms. The van der Waals surface area contributed by atoms with Crippen molar-refractivity contribution in [3.05, 3.63) is 71.2 Å². The van der Waals surface area contributed by atoms with Crippen LogP contribution in [0.5, 0.6) is 0 Å². The van der Waals surface area contributed by atoms with Gasteiger partial charge in [0.15, 0.2) is 0 Å². The summed E-state index contributed by atoms with van der Waals surface area (Å²) < 4.78 is 19.0. The highest BCUT2D eigenvalue weighted by Gasteiger charge is 2.44. The smallest absolute Gasteiger partial charge is 0.233 e. The summed E-state index contributed by atoms with van der Waals surface area (Å²) in [6.07, 6.45) is 2.09. The Labute approximate surface area is 163 Å². The van der Waals surface area contributed by atoms with E-state index < -0.39 is 5.41 Å². The fourth-order valence-electron chi connectivity index (χ4n) is 4.76. The number of nitrogens with zero attached hydrogens (tertiary/aromatic N) is 1. The molecule has 0 unspecified atom stereocenters. The largest absolute Gasteiger partial charge is 0.381 e. The summed E-state index contributed by atoms with van der Waals surface area (Å²) in [5.41, 5.74) is 3.84. The van der Waals surface area contributed by atoms with E-state index in [1.165, 1.54) is 28.8 Å². The first-order valence-electron chi connectivity index (χ1n) is 9.89. The molecule has 0 bridgehead atoms. The van der Waals surface area contributed by atoms with Crippen LogP contribution in [0.2, 0.25) is 0 Å². The van der Waals surface area contributed by atoms with Crippen LogP contribution in [0, 0.1) is 5.82 Å². The second-order valence-electron chi connectivity index (χ2n) is 7.81. The zero-order valence-electron chi connectivity index (χ0n) is 15.7. The molecule has 0 saturated carbocycles. The minimum atomic E-state index is -0.629. The van der Waals surface area contributed by atoms with Crippen molar-refractivity contribution in [3.8, 4) is 0 Å². The lowest BCUT2D eigenvalue weighted by atomic mass is 9.72. The van der Waals surface area contributed by atoms with Crippen molar-refractivity contribution >= 4 is 16.8 Å². The van der Waals surface area contributed by atoms with Gasteiger partial charge < -0.3 is 14.6 Å². The molecule has 5 heteroatoms. The number of nitrogens with one attached hydrogen (secondary N) is 1. The van der Waals surface area contributed by atoms with Crippen LogP contribution < -0.4 is 0 Å². The van der Waals surface area contributed by atoms with E-state index in [0.29, 0.717) is 39.1 Å². The van der Waals surface area contributed by atoms with E-state index in [1.54, 1.807) is 12.1 Å². The summed E-state index contributed by atoms with van der Waals surface area (Å²) in [6.45, 7) is 2.41.